The van der Waals surface area contributed by atoms with E-state index in [-0.39, 0.29) is 83.4 Å². The molecule has 49 heavy (non-hydrogen) atoms. The number of aliphatic hydroxyl groups is 2. The molecule has 1 aromatic heterocycles. The van der Waals surface area contributed by atoms with E-state index in [1.165, 1.54) is 35.2 Å². The van der Waals surface area contributed by atoms with E-state index in [2.05, 4.69) is 45.2 Å². The number of aromatic hydroxyl groups is 1. The number of nitrogens with zero attached hydrogens (tertiary/aromatic N) is 6. The van der Waals surface area contributed by atoms with Crippen LogP contribution in [0.4, 0.5) is 40.6 Å². The van der Waals surface area contributed by atoms with Gasteiger partial charge in [-0.05, 0) is 35.7 Å². The lowest BCUT2D eigenvalue weighted by molar-refractivity contribution is -0.432. The lowest BCUT2D eigenvalue weighted by Crippen LogP contribution is -2.32. The minimum atomic E-state index is -4.63. The molecule has 0 bridgehead atoms. The van der Waals surface area contributed by atoms with Gasteiger partial charge in [0.05, 0.1) is 51.9 Å². The fraction of sp³-hybridized carbons (Fsp3) is 0.240. The van der Waals surface area contributed by atoms with Gasteiger partial charge in [0.25, 0.3) is 20.2 Å². The second-order valence-electron chi connectivity index (χ2n) is 9.68. The number of aliphatic hydroxyl groups excluding tert-OH is 2. The van der Waals surface area contributed by atoms with Gasteiger partial charge >= 0.3 is 0 Å². The van der Waals surface area contributed by atoms with Crippen molar-refractivity contribution in [2.45, 2.75) is 9.79 Å². The number of aromatic nitrogens is 3. The minimum absolute atomic E-state index is 0.00613. The zero-order valence-electron chi connectivity index (χ0n) is 24.9. The van der Waals surface area contributed by atoms with E-state index in [4.69, 9.17) is 15.5 Å². The van der Waals surface area contributed by atoms with Crippen molar-refractivity contribution in [3.63, 3.8) is 0 Å². The number of rotatable bonds is 17. The third kappa shape index (κ3) is 10.2. The first-order valence-electron chi connectivity index (χ1n) is 13.6. The molecule has 4 rings (SSSR count). The maximum Gasteiger partial charge on any atom is 0.294 e. The molecule has 1 heterocycles. The third-order valence-electron chi connectivity index (χ3n) is 6.29. The summed E-state index contributed by atoms with van der Waals surface area (Å²) in [6.07, 6.45) is 0. The average molecular weight is 744 g/mol. The van der Waals surface area contributed by atoms with Gasteiger partial charge < -0.3 is 36.6 Å². The van der Waals surface area contributed by atoms with Crippen molar-refractivity contribution >= 4 is 83.6 Å². The second-order valence-corrected chi connectivity index (χ2v) is 13.4. The molecule has 0 aliphatic carbocycles. The Kier molecular flexibility index (Phi) is 12.4. The van der Waals surface area contributed by atoms with Crippen molar-refractivity contribution in [1.29, 1.82) is 0 Å². The average Bonchev–Trinajstić information content (AvgIpc) is 3.02. The number of nitrogens with two attached hydrogens (primary N) is 1. The Labute approximate surface area is 282 Å². The highest BCUT2D eigenvalue weighted by Crippen LogP contribution is 2.41. The molecule has 0 unspecified atom stereocenters. The Hall–Kier alpha value is -4.50. The second kappa shape index (κ2) is 16.3. The lowest BCUT2D eigenvalue weighted by atomic mass is 10.1. The highest BCUT2D eigenvalue weighted by atomic mass is 32.2. The van der Waals surface area contributed by atoms with Gasteiger partial charge in [-0.3, -0.25) is 9.11 Å². The first kappa shape index (κ1) is 37.3. The molecule has 0 aliphatic rings. The summed E-state index contributed by atoms with van der Waals surface area (Å²) in [6.45, 7) is -0.804. The summed E-state index contributed by atoms with van der Waals surface area (Å²) in [6, 6.07) is 9.17. The van der Waals surface area contributed by atoms with Gasteiger partial charge in [0.1, 0.15) is 17.1 Å². The van der Waals surface area contributed by atoms with E-state index >= 15 is 0 Å². The summed E-state index contributed by atoms with van der Waals surface area (Å²) in [5.74, 6) is -1.36. The largest absolute Gasteiger partial charge is 0.507 e. The molecule has 0 atom stereocenters. The van der Waals surface area contributed by atoms with Crippen LogP contribution in [0.2, 0.25) is 0 Å². The van der Waals surface area contributed by atoms with E-state index in [0.717, 1.165) is 12.1 Å². The maximum atomic E-state index is 11.6. The number of azo groups is 1. The van der Waals surface area contributed by atoms with Crippen LogP contribution < -0.4 is 21.3 Å². The van der Waals surface area contributed by atoms with Gasteiger partial charge in [-0.15, -0.1) is 14.6 Å². The summed E-state index contributed by atoms with van der Waals surface area (Å²) in [5, 5.41) is 56.1. The van der Waals surface area contributed by atoms with Crippen LogP contribution in [0.15, 0.2) is 62.5 Å². The van der Waals surface area contributed by atoms with Crippen molar-refractivity contribution < 1.29 is 55.9 Å². The van der Waals surface area contributed by atoms with Crippen LogP contribution >= 0.6 is 12.0 Å². The number of fused-ring (bicyclic) bond motifs is 1. The summed E-state index contributed by atoms with van der Waals surface area (Å²) < 4.78 is 68.6. The summed E-state index contributed by atoms with van der Waals surface area (Å²) in [4.78, 5) is 13.8. The topological polar surface area (TPSA) is 325 Å². The highest BCUT2D eigenvalue weighted by molar-refractivity contribution is 7.94. The fourth-order valence-corrected chi connectivity index (χ4v) is 5.55. The quantitative estimate of drug-likeness (QED) is 0.0187. The summed E-state index contributed by atoms with van der Waals surface area (Å²) in [7, 11) is -8.92. The van der Waals surface area contributed by atoms with Crippen LogP contribution in [0, 0.1) is 0 Å². The molecule has 0 aliphatic heterocycles. The first-order chi connectivity index (χ1) is 23.2. The zero-order valence-corrected chi connectivity index (χ0v) is 27.4. The predicted molar refractivity (Wildman–Crippen MR) is 176 cm³/mol. The minimum Gasteiger partial charge on any atom is -0.507 e. The number of nitrogens with one attached hydrogen (secondary N) is 2. The molecule has 0 radical (unpaired) electrons. The van der Waals surface area contributed by atoms with Crippen LogP contribution in [-0.2, 0) is 29.6 Å². The van der Waals surface area contributed by atoms with E-state index in [9.17, 15) is 36.7 Å². The Balaban J connectivity index is 1.70. The van der Waals surface area contributed by atoms with Crippen molar-refractivity contribution in [3.05, 3.63) is 42.5 Å². The van der Waals surface area contributed by atoms with E-state index in [0.29, 0.717) is 17.7 Å². The number of nitrogen functional groups attached to an aromatic ring is 1. The lowest BCUT2D eigenvalue weighted by Gasteiger charge is -2.21. The molecule has 4 aromatic rings. The van der Waals surface area contributed by atoms with Crippen molar-refractivity contribution in [2.75, 3.05) is 59.9 Å². The number of hydrogen-bond acceptors (Lipinski definition) is 20. The Bertz CT molecular complexity index is 2050. The highest BCUT2D eigenvalue weighted by Gasteiger charge is 2.18. The molecule has 0 spiro atoms. The molecular formula is C25H29N9O12S3. The fourth-order valence-electron chi connectivity index (χ4n) is 4.18. The number of anilines is 5. The smallest absolute Gasteiger partial charge is 0.294 e. The molecular weight excluding hydrogens is 715 g/mol. The van der Waals surface area contributed by atoms with E-state index in [1.807, 2.05) is 0 Å². The maximum absolute atomic E-state index is 11.6. The predicted octanol–water partition coefficient (Wildman–Crippen LogP) is 2.24. The zero-order chi connectivity index (χ0) is 35.8. The summed E-state index contributed by atoms with van der Waals surface area (Å²) in [5.41, 5.74) is 6.55. The van der Waals surface area contributed by atoms with Gasteiger partial charge in [-0.25, -0.2) is 5.26 Å². The van der Waals surface area contributed by atoms with Crippen molar-refractivity contribution in [3.8, 4) is 5.75 Å². The SMILES string of the molecule is Nc1ccc2cc(S(=O)(=O)O)cc(O)c2c1N=Nc1ccc(Nc2nc(NCCS(=O)(=O)O)nc(N(CCO)CCO)n2)cc1SOOO. The van der Waals surface area contributed by atoms with Gasteiger partial charge in [0, 0.05) is 31.4 Å². The van der Waals surface area contributed by atoms with Crippen LogP contribution in [0.3, 0.4) is 0 Å². The normalized spacial score (nSPS) is 12.1. The van der Waals surface area contributed by atoms with E-state index in [1.54, 1.807) is 0 Å². The van der Waals surface area contributed by atoms with E-state index < -0.39 is 36.6 Å². The third-order valence-corrected chi connectivity index (χ3v) is 8.48. The number of hydrogen-bond donors (Lipinski definition) is 9. The molecule has 21 nitrogen and oxygen atoms in total. The first-order valence-corrected chi connectivity index (χ1v) is 17.4. The summed E-state index contributed by atoms with van der Waals surface area (Å²) >= 11 is 0.509. The van der Waals surface area contributed by atoms with Crippen molar-refractivity contribution in [2.24, 2.45) is 10.2 Å². The number of benzene rings is 3. The number of phenolic OH excluding ortho intramolecular Hbond substituents is 1. The molecule has 0 saturated carbocycles. The Morgan fingerprint density at radius 3 is 2.31 bits per heavy atom. The molecule has 10 N–H and O–H groups in total. The molecule has 264 valence electrons. The van der Waals surface area contributed by atoms with Crippen LogP contribution in [0.5, 0.6) is 5.75 Å². The standard InChI is InChI=1S/C25H29N9O12S3/c26-17-3-1-14-11-16(49(42,43)44)13-19(37)21(14)22(17)33-32-18-4-2-15(12-20(18)47-46-45-38)28-24-29-23(27-5-10-48(39,40)41)30-25(31-24)34(6-8-35)7-9-36/h1-4,11-13,35-38H,5-10,26H2,(H,39,40,41)(H,42,43,44)(H2,27,28,29,30,31). The molecule has 0 amide bonds. The Morgan fingerprint density at radius 1 is 0.939 bits per heavy atom. The van der Waals surface area contributed by atoms with Gasteiger partial charge in [-0.1, -0.05) is 11.1 Å². The van der Waals surface area contributed by atoms with Gasteiger partial charge in [0.15, 0.2) is 0 Å². The van der Waals surface area contributed by atoms with Crippen molar-refractivity contribution in [1.82, 2.24) is 15.0 Å². The van der Waals surface area contributed by atoms with Crippen LogP contribution in [0.25, 0.3) is 10.8 Å². The number of phenols is 1. The Morgan fingerprint density at radius 2 is 1.65 bits per heavy atom. The van der Waals surface area contributed by atoms with Crippen LogP contribution in [0.1, 0.15) is 0 Å². The van der Waals surface area contributed by atoms with Crippen LogP contribution in [-0.4, -0.2) is 100 Å². The molecule has 24 heteroatoms. The van der Waals surface area contributed by atoms with Gasteiger partial charge in [-0.2, -0.15) is 31.8 Å². The molecule has 0 fully saturated rings. The molecule has 0 saturated heterocycles. The monoisotopic (exact) mass is 743 g/mol. The molecule has 3 aromatic carbocycles. The van der Waals surface area contributed by atoms with Gasteiger partial charge in [0.2, 0.25) is 17.8 Å².